The van der Waals surface area contributed by atoms with Gasteiger partial charge >= 0.3 is 58.4 Å². The van der Waals surface area contributed by atoms with E-state index in [2.05, 4.69) is 41.5 Å². The van der Waals surface area contributed by atoms with Gasteiger partial charge in [0.15, 0.2) is 0 Å². The summed E-state index contributed by atoms with van der Waals surface area (Å²) in [4.78, 5) is 25.6. The van der Waals surface area contributed by atoms with E-state index in [9.17, 15) is 0 Å². The molecule has 0 N–H and O–H groups in total. The Bertz CT molecular complexity index is 123. The zero-order valence-electron chi connectivity index (χ0n) is 13.6. The van der Waals surface area contributed by atoms with E-state index < -0.39 is 7.82 Å². The van der Waals surface area contributed by atoms with Gasteiger partial charge in [0.05, 0.1) is 0 Å². The van der Waals surface area contributed by atoms with E-state index in [0.717, 1.165) is 19.3 Å². The van der Waals surface area contributed by atoms with Crippen LogP contribution in [0.25, 0.3) is 0 Å². The van der Waals surface area contributed by atoms with Gasteiger partial charge in [-0.2, -0.15) is 27.1 Å². The second kappa shape index (κ2) is 42.9. The third-order valence-electron chi connectivity index (χ3n) is 1.06. The van der Waals surface area contributed by atoms with Gasteiger partial charge in [-0.05, 0) is 0 Å². The first kappa shape index (κ1) is 43.1. The van der Waals surface area contributed by atoms with Crippen LogP contribution in [0.5, 0.6) is 0 Å². The van der Waals surface area contributed by atoms with Crippen LogP contribution < -0.4 is 14.7 Å². The molecule has 4 nitrogen and oxygen atoms in total. The van der Waals surface area contributed by atoms with Gasteiger partial charge in [-0.15, -0.1) is 0 Å². The molecule has 0 aromatic carbocycles. The third-order valence-corrected chi connectivity index (χ3v) is 1.06. The van der Waals surface area contributed by atoms with Crippen molar-refractivity contribution in [2.24, 2.45) is 0 Å². The molecule has 0 aliphatic rings. The van der Waals surface area contributed by atoms with E-state index in [1.807, 2.05) is 0 Å². The van der Waals surface area contributed by atoms with E-state index in [1.165, 1.54) is 19.3 Å². The van der Waals surface area contributed by atoms with Crippen LogP contribution in [-0.4, -0.2) is 0 Å². The van der Waals surface area contributed by atoms with Crippen molar-refractivity contribution in [1.29, 1.82) is 0 Å². The first-order valence-electron chi connectivity index (χ1n) is 5.85. The maximum Gasteiger partial charge on any atom is 2.00 e. The Kier molecular flexibility index (Phi) is 92.4. The number of rotatable bonds is 3. The molecule has 0 aromatic heterocycles. The standard InChI is InChI=1S/3C4H9.H3O4P.3Zn/c3*1-3-4-2;1-5(2,3)4;;;/h3*1,3-4H2,2H3;(H3,1,2,3,4);;;/q3*-1;;3*+2/p-3. The number of unbranched alkanes of at least 4 members (excludes halogenated alkanes) is 3. The molecule has 0 radical (unpaired) electrons. The summed E-state index contributed by atoms with van der Waals surface area (Å²) in [5, 5.41) is 0. The molecule has 0 atom stereocenters. The van der Waals surface area contributed by atoms with Crippen LogP contribution in [0.2, 0.25) is 0 Å². The summed E-state index contributed by atoms with van der Waals surface area (Å²) in [6.45, 7) is 17.2. The first-order chi connectivity index (χ1) is 7.74. The summed E-state index contributed by atoms with van der Waals surface area (Å²) < 4.78 is 8.55. The molecule has 0 saturated heterocycles. The van der Waals surface area contributed by atoms with Gasteiger partial charge in [-0.3, -0.25) is 0 Å². The van der Waals surface area contributed by atoms with E-state index >= 15 is 0 Å². The van der Waals surface area contributed by atoms with Crippen LogP contribution in [0.3, 0.4) is 0 Å². The molecule has 0 heterocycles. The maximum absolute atomic E-state index is 8.55. The first-order valence-corrected chi connectivity index (χ1v) is 7.31. The van der Waals surface area contributed by atoms with Crippen LogP contribution in [0, 0.1) is 20.8 Å². The molecule has 110 valence electrons. The van der Waals surface area contributed by atoms with Gasteiger partial charge in [0, 0.05) is 0 Å². The normalized spacial score (nSPS) is 7.45. The molecule has 0 unspecified atom stereocenters. The minimum atomic E-state index is -5.39. The van der Waals surface area contributed by atoms with Crippen LogP contribution in [0.4, 0.5) is 0 Å². The van der Waals surface area contributed by atoms with Gasteiger partial charge in [-0.1, -0.05) is 40.0 Å². The van der Waals surface area contributed by atoms with Gasteiger partial charge in [0.25, 0.3) is 0 Å². The van der Waals surface area contributed by atoms with Gasteiger partial charge < -0.3 is 40.0 Å². The second-order valence-corrected chi connectivity index (χ2v) is 3.90. The molecule has 0 spiro atoms. The molecule has 8 heteroatoms. The average Bonchev–Trinajstić information content (AvgIpc) is 2.27. The topological polar surface area (TPSA) is 86.2 Å². The van der Waals surface area contributed by atoms with Crippen molar-refractivity contribution >= 4 is 7.82 Å². The SMILES string of the molecule is O=P([O-])([O-])[O-].[CH2-]CCC.[CH2-]CCC.[CH2-]CCC.[Zn+2].[Zn+2].[Zn+2]. The third kappa shape index (κ3) is 290. The Labute approximate surface area is 164 Å². The fourth-order valence-corrected chi connectivity index (χ4v) is 0. The van der Waals surface area contributed by atoms with E-state index in [-0.39, 0.29) is 58.4 Å². The minimum absolute atomic E-state index is 0. The Hall–Kier alpha value is 1.98. The van der Waals surface area contributed by atoms with Crippen molar-refractivity contribution in [3.8, 4) is 0 Å². The van der Waals surface area contributed by atoms with Crippen LogP contribution >= 0.6 is 7.82 Å². The van der Waals surface area contributed by atoms with Crippen LogP contribution in [0.1, 0.15) is 59.3 Å². The smallest absolute Gasteiger partial charge is 0.822 e. The van der Waals surface area contributed by atoms with Crippen molar-refractivity contribution in [2.45, 2.75) is 59.3 Å². The zero-order valence-corrected chi connectivity index (χ0v) is 23.4. The number of hydrogen-bond donors (Lipinski definition) is 0. The van der Waals surface area contributed by atoms with Crippen molar-refractivity contribution in [2.75, 3.05) is 0 Å². The van der Waals surface area contributed by atoms with E-state index in [4.69, 9.17) is 19.2 Å². The summed E-state index contributed by atoms with van der Waals surface area (Å²) >= 11 is 0. The second-order valence-electron chi connectivity index (χ2n) is 3.01. The largest absolute Gasteiger partial charge is 2.00 e. The Morgan fingerprint density at radius 3 is 0.750 bits per heavy atom. The molecule has 0 aliphatic heterocycles. The molecular weight excluding hydrogens is 435 g/mol. The molecule has 0 rings (SSSR count). The molecule has 20 heavy (non-hydrogen) atoms. The fraction of sp³-hybridized carbons (Fsp3) is 0.750. The summed E-state index contributed by atoms with van der Waals surface area (Å²) in [5.41, 5.74) is 0. The van der Waals surface area contributed by atoms with Crippen molar-refractivity contribution in [1.82, 2.24) is 0 Å². The summed E-state index contributed by atoms with van der Waals surface area (Å²) in [6, 6.07) is 0. The number of phosphoric acid groups is 1. The molecule has 0 fully saturated rings. The van der Waals surface area contributed by atoms with Gasteiger partial charge in [0.1, 0.15) is 0 Å². The van der Waals surface area contributed by atoms with Gasteiger partial charge in [0.2, 0.25) is 0 Å². The molecule has 0 bridgehead atoms. The van der Waals surface area contributed by atoms with Crippen LogP contribution in [-0.2, 0) is 63.0 Å². The average molecular weight is 462 g/mol. The van der Waals surface area contributed by atoms with Crippen molar-refractivity contribution < 1.29 is 77.7 Å². The summed E-state index contributed by atoms with van der Waals surface area (Å²) in [5.74, 6) is 0. The quantitative estimate of drug-likeness (QED) is 0.365. The van der Waals surface area contributed by atoms with E-state index in [1.54, 1.807) is 0 Å². The predicted octanol–water partition coefficient (Wildman–Crippen LogP) is 2.03. The van der Waals surface area contributed by atoms with Gasteiger partial charge in [-0.25, -0.2) is 0 Å². The number of hydrogen-bond acceptors (Lipinski definition) is 4. The Morgan fingerprint density at radius 1 is 0.700 bits per heavy atom. The molecule has 0 saturated carbocycles. The minimum Gasteiger partial charge on any atom is -0.822 e. The monoisotopic (exact) mass is 458 g/mol. The maximum atomic E-state index is 8.55. The van der Waals surface area contributed by atoms with Crippen molar-refractivity contribution in [3.63, 3.8) is 0 Å². The molecular formula is C12H27O4PZn3. The zero-order chi connectivity index (χ0) is 14.7. The summed E-state index contributed by atoms with van der Waals surface area (Å²) in [7, 11) is -5.39. The fourth-order valence-electron chi connectivity index (χ4n) is 0. The summed E-state index contributed by atoms with van der Waals surface area (Å²) in [6.07, 6.45) is 6.83. The van der Waals surface area contributed by atoms with E-state index in [0.29, 0.717) is 0 Å². The Balaban J connectivity index is -0.0000000216. The molecule has 0 aromatic rings. The molecule has 0 aliphatic carbocycles. The predicted molar refractivity (Wildman–Crippen MR) is 68.4 cm³/mol. The Morgan fingerprint density at radius 2 is 0.750 bits per heavy atom. The van der Waals surface area contributed by atoms with Crippen LogP contribution in [0.15, 0.2) is 0 Å². The van der Waals surface area contributed by atoms with Crippen molar-refractivity contribution in [3.05, 3.63) is 20.8 Å². The molecule has 0 amide bonds.